The van der Waals surface area contributed by atoms with Gasteiger partial charge < -0.3 is 0 Å². The van der Waals surface area contributed by atoms with E-state index in [2.05, 4.69) is 20.4 Å². The van der Waals surface area contributed by atoms with Crippen LogP contribution in [0.1, 0.15) is 26.7 Å². The summed E-state index contributed by atoms with van der Waals surface area (Å²) in [5.74, 6) is 0.666. The molecular weight excluding hydrogens is 148 g/mol. The van der Waals surface area contributed by atoms with Gasteiger partial charge >= 0.3 is 0 Å². The molecule has 0 nitrogen and oxygen atoms in total. The second-order valence-electron chi connectivity index (χ2n) is 2.48. The highest BCUT2D eigenvalue weighted by atomic mass is 35.6. The van der Waals surface area contributed by atoms with Crippen LogP contribution in [0, 0.1) is 5.92 Å². The SMILES string of the molecule is C=C([SiH2]Cl)C(C)CCC. The predicted octanol–water partition coefficient (Wildman–Crippen LogP) is 2.26. The van der Waals surface area contributed by atoms with Crippen molar-refractivity contribution in [2.75, 3.05) is 0 Å². The summed E-state index contributed by atoms with van der Waals surface area (Å²) in [4.78, 5) is 0. The average molecular weight is 163 g/mol. The van der Waals surface area contributed by atoms with Crippen LogP contribution in [0.5, 0.6) is 0 Å². The van der Waals surface area contributed by atoms with Gasteiger partial charge in [0.15, 0.2) is 8.83 Å². The fraction of sp³-hybridized carbons (Fsp3) is 0.714. The Morgan fingerprint density at radius 2 is 2.33 bits per heavy atom. The first-order valence-electron chi connectivity index (χ1n) is 3.46. The molecule has 0 saturated carbocycles. The molecule has 0 aromatic heterocycles. The number of hydrogen-bond donors (Lipinski definition) is 0. The Hall–Kier alpha value is 0.247. The molecule has 0 N–H and O–H groups in total. The lowest BCUT2D eigenvalue weighted by Gasteiger charge is -2.09. The smallest absolute Gasteiger partial charge is 0.151 e. The van der Waals surface area contributed by atoms with Crippen LogP contribution in [0.25, 0.3) is 0 Å². The van der Waals surface area contributed by atoms with E-state index >= 15 is 0 Å². The Morgan fingerprint density at radius 1 is 1.78 bits per heavy atom. The molecule has 0 radical (unpaired) electrons. The number of rotatable bonds is 4. The van der Waals surface area contributed by atoms with Gasteiger partial charge in [-0.1, -0.05) is 25.5 Å². The largest absolute Gasteiger partial charge is 0.170 e. The van der Waals surface area contributed by atoms with E-state index in [9.17, 15) is 0 Å². The van der Waals surface area contributed by atoms with Crippen molar-refractivity contribution >= 4 is 19.9 Å². The lowest BCUT2D eigenvalue weighted by molar-refractivity contribution is 0.625. The van der Waals surface area contributed by atoms with Gasteiger partial charge in [0.2, 0.25) is 0 Å². The molecule has 0 bridgehead atoms. The average Bonchev–Trinajstić information content (AvgIpc) is 1.87. The Kier molecular flexibility index (Phi) is 5.20. The summed E-state index contributed by atoms with van der Waals surface area (Å²) in [6.45, 7) is 8.33. The first-order chi connectivity index (χ1) is 4.22. The van der Waals surface area contributed by atoms with E-state index in [1.165, 1.54) is 18.0 Å². The van der Waals surface area contributed by atoms with Gasteiger partial charge in [-0.2, -0.15) is 11.1 Å². The maximum Gasteiger partial charge on any atom is 0.151 e. The third-order valence-corrected chi connectivity index (χ3v) is 3.66. The van der Waals surface area contributed by atoms with Crippen LogP contribution < -0.4 is 0 Å². The van der Waals surface area contributed by atoms with Gasteiger partial charge in [-0.05, 0) is 12.3 Å². The fourth-order valence-electron chi connectivity index (χ4n) is 0.769. The molecule has 0 saturated heterocycles. The second-order valence-corrected chi connectivity index (χ2v) is 4.46. The third kappa shape index (κ3) is 3.76. The maximum absolute atomic E-state index is 5.72. The normalized spacial score (nSPS) is 14.6. The number of halogens is 1. The quantitative estimate of drug-likeness (QED) is 0.440. The zero-order valence-electron chi connectivity index (χ0n) is 6.28. The standard InChI is InChI=1S/C7H15ClSi/c1-4-5-6(2)7(3)9-8/h6H,3-5,9H2,1-2H3. The summed E-state index contributed by atoms with van der Waals surface area (Å²) in [6.07, 6.45) is 2.49. The number of hydrogen-bond acceptors (Lipinski definition) is 0. The molecule has 0 amide bonds. The van der Waals surface area contributed by atoms with E-state index in [1.807, 2.05) is 0 Å². The van der Waals surface area contributed by atoms with Crippen LogP contribution in [-0.2, 0) is 0 Å². The van der Waals surface area contributed by atoms with Gasteiger partial charge in [0.1, 0.15) is 0 Å². The summed E-state index contributed by atoms with van der Waals surface area (Å²) in [6, 6.07) is 0. The fourth-order valence-corrected chi connectivity index (χ4v) is 2.03. The summed E-state index contributed by atoms with van der Waals surface area (Å²) >= 11 is 5.72. The molecular formula is C7H15ClSi. The van der Waals surface area contributed by atoms with E-state index in [1.54, 1.807) is 0 Å². The Balaban J connectivity index is 3.45. The molecule has 0 aromatic rings. The van der Waals surface area contributed by atoms with Crippen LogP contribution in [0.3, 0.4) is 0 Å². The second kappa shape index (κ2) is 5.07. The minimum Gasteiger partial charge on any atom is -0.170 e. The van der Waals surface area contributed by atoms with Gasteiger partial charge in [-0.15, -0.1) is 6.58 Å². The summed E-state index contributed by atoms with van der Waals surface area (Å²) < 4.78 is 0. The molecule has 0 spiro atoms. The first-order valence-corrected chi connectivity index (χ1v) is 6.30. The molecule has 1 unspecified atom stereocenters. The van der Waals surface area contributed by atoms with Crippen molar-refractivity contribution in [3.63, 3.8) is 0 Å². The van der Waals surface area contributed by atoms with Gasteiger partial charge in [-0.25, -0.2) is 0 Å². The Morgan fingerprint density at radius 3 is 2.67 bits per heavy atom. The highest BCUT2D eigenvalue weighted by molar-refractivity contribution is 6.97. The number of allylic oxidation sites excluding steroid dienone is 1. The summed E-state index contributed by atoms with van der Waals surface area (Å²) in [5.41, 5.74) is 0. The molecule has 0 fully saturated rings. The molecule has 0 heterocycles. The van der Waals surface area contributed by atoms with E-state index in [-0.39, 0.29) is 0 Å². The first kappa shape index (κ1) is 9.25. The lowest BCUT2D eigenvalue weighted by Crippen LogP contribution is -2.00. The molecule has 2 heteroatoms. The zero-order valence-corrected chi connectivity index (χ0v) is 8.45. The predicted molar refractivity (Wildman–Crippen MR) is 47.6 cm³/mol. The molecule has 9 heavy (non-hydrogen) atoms. The maximum atomic E-state index is 5.72. The lowest BCUT2D eigenvalue weighted by atomic mass is 10.1. The van der Waals surface area contributed by atoms with Gasteiger partial charge in [-0.3, -0.25) is 0 Å². The van der Waals surface area contributed by atoms with E-state index in [4.69, 9.17) is 11.1 Å². The van der Waals surface area contributed by atoms with E-state index < -0.39 is 8.83 Å². The van der Waals surface area contributed by atoms with Crippen LogP contribution in [-0.4, -0.2) is 8.83 Å². The highest BCUT2D eigenvalue weighted by Gasteiger charge is 2.02. The zero-order chi connectivity index (χ0) is 7.28. The minimum absolute atomic E-state index is 0.452. The van der Waals surface area contributed by atoms with Gasteiger partial charge in [0.05, 0.1) is 0 Å². The van der Waals surface area contributed by atoms with Crippen molar-refractivity contribution in [3.8, 4) is 0 Å². The van der Waals surface area contributed by atoms with Crippen molar-refractivity contribution in [1.82, 2.24) is 0 Å². The van der Waals surface area contributed by atoms with Gasteiger partial charge in [0, 0.05) is 0 Å². The van der Waals surface area contributed by atoms with Crippen LogP contribution in [0.15, 0.2) is 11.8 Å². The summed E-state index contributed by atoms with van der Waals surface area (Å²) in [7, 11) is -0.452. The minimum atomic E-state index is -0.452. The van der Waals surface area contributed by atoms with Crippen LogP contribution in [0.4, 0.5) is 0 Å². The van der Waals surface area contributed by atoms with E-state index in [0.717, 1.165) is 0 Å². The van der Waals surface area contributed by atoms with Crippen LogP contribution in [0.2, 0.25) is 0 Å². The van der Waals surface area contributed by atoms with Crippen molar-refractivity contribution in [1.29, 1.82) is 0 Å². The molecule has 54 valence electrons. The third-order valence-electron chi connectivity index (χ3n) is 1.59. The van der Waals surface area contributed by atoms with Crippen molar-refractivity contribution in [3.05, 3.63) is 11.8 Å². The molecule has 0 aliphatic rings. The topological polar surface area (TPSA) is 0 Å². The molecule has 1 atom stereocenters. The van der Waals surface area contributed by atoms with Crippen molar-refractivity contribution in [2.45, 2.75) is 26.7 Å². The molecule has 0 aliphatic heterocycles. The van der Waals surface area contributed by atoms with Crippen molar-refractivity contribution in [2.24, 2.45) is 5.92 Å². The molecule has 0 aliphatic carbocycles. The van der Waals surface area contributed by atoms with Crippen LogP contribution >= 0.6 is 11.1 Å². The van der Waals surface area contributed by atoms with Crippen molar-refractivity contribution < 1.29 is 0 Å². The summed E-state index contributed by atoms with van der Waals surface area (Å²) in [5, 5.41) is 1.30. The molecule has 0 aromatic carbocycles. The molecule has 0 rings (SSSR count). The Bertz CT molecular complexity index is 90.9. The van der Waals surface area contributed by atoms with E-state index in [0.29, 0.717) is 5.92 Å². The highest BCUT2D eigenvalue weighted by Crippen LogP contribution is 2.13. The monoisotopic (exact) mass is 162 g/mol. The van der Waals surface area contributed by atoms with Gasteiger partial charge in [0.25, 0.3) is 0 Å². The Labute approximate surface area is 64.8 Å².